The molecule has 0 aromatic heterocycles. The number of hydrogen-bond donors (Lipinski definition) is 4. The number of carboxylic acids is 1. The van der Waals surface area contributed by atoms with Gasteiger partial charge in [-0.05, 0) is 42.9 Å². The molecular formula is C20H28N4O5S. The minimum absolute atomic E-state index is 0.0764. The number of hydrogen-bond acceptors (Lipinski definition) is 5. The van der Waals surface area contributed by atoms with Gasteiger partial charge in [0, 0.05) is 0 Å². The molecule has 0 bridgehead atoms. The predicted octanol–water partition coefficient (Wildman–Crippen LogP) is 1.89. The van der Waals surface area contributed by atoms with Crippen LogP contribution >= 0.6 is 11.8 Å². The number of carbonyl (C=O) groups excluding carboxylic acids is 3. The molecule has 2 atom stereocenters. The smallest absolute Gasteiger partial charge is 0.326 e. The number of rotatable bonds is 9. The number of carboxylic acid groups (broad SMARTS) is 1. The van der Waals surface area contributed by atoms with Gasteiger partial charge in [-0.1, -0.05) is 26.0 Å². The summed E-state index contributed by atoms with van der Waals surface area (Å²) in [6.45, 7) is 3.63. The van der Waals surface area contributed by atoms with E-state index in [1.54, 1.807) is 24.3 Å². The molecule has 1 aliphatic heterocycles. The van der Waals surface area contributed by atoms with E-state index < -0.39 is 30.0 Å². The number of carbonyl (C=O) groups is 4. The van der Waals surface area contributed by atoms with Crippen molar-refractivity contribution in [2.75, 3.05) is 28.8 Å². The van der Waals surface area contributed by atoms with Crippen LogP contribution in [-0.4, -0.2) is 59.6 Å². The Kier molecular flexibility index (Phi) is 8.52. The molecule has 1 heterocycles. The van der Waals surface area contributed by atoms with Crippen molar-refractivity contribution in [3.8, 4) is 0 Å². The number of anilines is 2. The van der Waals surface area contributed by atoms with Crippen LogP contribution < -0.4 is 20.9 Å². The summed E-state index contributed by atoms with van der Waals surface area (Å²) in [5, 5.41) is 17.3. The fourth-order valence-corrected chi connectivity index (χ4v) is 3.58. The third-order valence-electron chi connectivity index (χ3n) is 4.56. The quantitative estimate of drug-likeness (QED) is 0.468. The molecule has 2 rings (SSSR count). The van der Waals surface area contributed by atoms with E-state index in [-0.39, 0.29) is 24.8 Å². The first-order valence-corrected chi connectivity index (χ1v) is 11.1. The largest absolute Gasteiger partial charge is 0.480 e. The van der Waals surface area contributed by atoms with Gasteiger partial charge in [0.05, 0.1) is 11.4 Å². The number of para-hydroxylation sites is 2. The number of fused-ring (bicyclic) bond motifs is 1. The van der Waals surface area contributed by atoms with Gasteiger partial charge in [-0.3, -0.25) is 14.5 Å². The van der Waals surface area contributed by atoms with Crippen molar-refractivity contribution in [3.05, 3.63) is 24.3 Å². The predicted molar refractivity (Wildman–Crippen MR) is 117 cm³/mol. The minimum atomic E-state index is -1.12. The lowest BCUT2D eigenvalue weighted by Crippen LogP contribution is -2.56. The Bertz CT molecular complexity index is 801. The molecule has 30 heavy (non-hydrogen) atoms. The highest BCUT2D eigenvalue weighted by atomic mass is 32.2. The average molecular weight is 437 g/mol. The lowest BCUT2D eigenvalue weighted by molar-refractivity contribution is -0.142. The van der Waals surface area contributed by atoms with Gasteiger partial charge < -0.3 is 21.1 Å². The number of nitrogens with zero attached hydrogens (tertiary/aromatic N) is 1. The Morgan fingerprint density at radius 2 is 1.90 bits per heavy atom. The number of nitrogens with one attached hydrogen (secondary N) is 3. The second kappa shape index (κ2) is 10.9. The van der Waals surface area contributed by atoms with Crippen molar-refractivity contribution in [3.63, 3.8) is 0 Å². The Morgan fingerprint density at radius 1 is 1.20 bits per heavy atom. The van der Waals surface area contributed by atoms with Gasteiger partial charge in [-0.15, -0.1) is 0 Å². The zero-order valence-corrected chi connectivity index (χ0v) is 18.1. The molecule has 4 N–H and O–H groups in total. The molecule has 1 aliphatic rings. The van der Waals surface area contributed by atoms with Crippen LogP contribution in [0.2, 0.25) is 0 Å². The summed E-state index contributed by atoms with van der Waals surface area (Å²) < 4.78 is 0. The number of aliphatic carboxylic acids is 1. The third-order valence-corrected chi connectivity index (χ3v) is 5.21. The van der Waals surface area contributed by atoms with Gasteiger partial charge in [-0.25, -0.2) is 9.59 Å². The molecule has 0 spiro atoms. The lowest BCUT2D eigenvalue weighted by Gasteiger charge is -2.31. The van der Waals surface area contributed by atoms with Gasteiger partial charge in [-0.2, -0.15) is 11.8 Å². The van der Waals surface area contributed by atoms with E-state index in [4.69, 9.17) is 0 Å². The highest BCUT2D eigenvalue weighted by molar-refractivity contribution is 7.98. The van der Waals surface area contributed by atoms with Crippen LogP contribution in [0.5, 0.6) is 0 Å². The van der Waals surface area contributed by atoms with Crippen LogP contribution in [-0.2, 0) is 14.4 Å². The van der Waals surface area contributed by atoms with Crippen molar-refractivity contribution in [1.29, 1.82) is 0 Å². The fourth-order valence-electron chi connectivity index (χ4n) is 3.11. The number of thioether (sulfide) groups is 1. The molecule has 1 aromatic carbocycles. The zero-order chi connectivity index (χ0) is 22.3. The van der Waals surface area contributed by atoms with Crippen LogP contribution in [0, 0.1) is 5.92 Å². The maximum atomic E-state index is 12.9. The number of amides is 4. The summed E-state index contributed by atoms with van der Waals surface area (Å²) >= 11 is 1.49. The van der Waals surface area contributed by atoms with Gasteiger partial charge in [0.15, 0.2) is 0 Å². The SMILES string of the molecule is CSCCC(NC(=O)C(CC(C)C)NC(=O)N1CC(=O)Nc2ccccc21)C(=O)O. The molecule has 0 saturated heterocycles. The van der Waals surface area contributed by atoms with E-state index in [0.717, 1.165) is 0 Å². The van der Waals surface area contributed by atoms with Gasteiger partial charge in [0.25, 0.3) is 0 Å². The molecule has 2 unspecified atom stereocenters. The summed E-state index contributed by atoms with van der Waals surface area (Å²) in [4.78, 5) is 50.4. The highest BCUT2D eigenvalue weighted by Gasteiger charge is 2.31. The third kappa shape index (κ3) is 6.38. The number of urea groups is 1. The molecule has 0 fully saturated rings. The monoisotopic (exact) mass is 436 g/mol. The van der Waals surface area contributed by atoms with E-state index in [0.29, 0.717) is 23.5 Å². The van der Waals surface area contributed by atoms with Crippen molar-refractivity contribution in [2.24, 2.45) is 5.92 Å². The Hall–Kier alpha value is -2.75. The normalized spacial score (nSPS) is 15.1. The molecule has 0 radical (unpaired) electrons. The summed E-state index contributed by atoms with van der Waals surface area (Å²) in [6, 6.07) is 4.34. The van der Waals surface area contributed by atoms with Crippen LogP contribution in [0.1, 0.15) is 26.7 Å². The molecule has 164 valence electrons. The Labute approximate surface area is 180 Å². The standard InChI is InChI=1S/C20H28N4O5S/c1-12(2)10-15(18(26)22-14(19(27)28)8-9-30-3)23-20(29)24-11-17(25)21-13-6-4-5-7-16(13)24/h4-7,12,14-15H,8-11H2,1-3H3,(H,21,25)(H,22,26)(H,23,29)(H,27,28). The fraction of sp³-hybridized carbons (Fsp3) is 0.500. The number of benzene rings is 1. The van der Waals surface area contributed by atoms with Crippen LogP contribution in [0.4, 0.5) is 16.2 Å². The van der Waals surface area contributed by atoms with E-state index in [9.17, 15) is 24.3 Å². The summed E-state index contributed by atoms with van der Waals surface area (Å²) in [6.07, 6.45) is 2.47. The topological polar surface area (TPSA) is 128 Å². The van der Waals surface area contributed by atoms with Crippen molar-refractivity contribution in [1.82, 2.24) is 10.6 Å². The van der Waals surface area contributed by atoms with E-state index in [2.05, 4.69) is 16.0 Å². The molecule has 9 nitrogen and oxygen atoms in total. The maximum Gasteiger partial charge on any atom is 0.326 e. The van der Waals surface area contributed by atoms with Crippen LogP contribution in [0.3, 0.4) is 0 Å². The van der Waals surface area contributed by atoms with Gasteiger partial charge in [0.1, 0.15) is 18.6 Å². The second-order valence-electron chi connectivity index (χ2n) is 7.46. The minimum Gasteiger partial charge on any atom is -0.480 e. The van der Waals surface area contributed by atoms with Gasteiger partial charge >= 0.3 is 12.0 Å². The highest BCUT2D eigenvalue weighted by Crippen LogP contribution is 2.28. The molecule has 10 heteroatoms. The average Bonchev–Trinajstić information content (AvgIpc) is 2.69. The molecule has 0 aliphatic carbocycles. The van der Waals surface area contributed by atoms with Crippen molar-refractivity contribution in [2.45, 2.75) is 38.8 Å². The van der Waals surface area contributed by atoms with Crippen molar-refractivity contribution >= 4 is 47.0 Å². The first-order chi connectivity index (χ1) is 14.2. The summed E-state index contributed by atoms with van der Waals surface area (Å²) in [5.41, 5.74) is 1.04. The first kappa shape index (κ1) is 23.5. The van der Waals surface area contributed by atoms with Gasteiger partial charge in [0.2, 0.25) is 11.8 Å². The Morgan fingerprint density at radius 3 is 2.53 bits per heavy atom. The maximum absolute atomic E-state index is 12.9. The molecule has 4 amide bonds. The first-order valence-electron chi connectivity index (χ1n) is 9.72. The Balaban J connectivity index is 2.15. The van der Waals surface area contributed by atoms with Crippen LogP contribution in [0.25, 0.3) is 0 Å². The lowest BCUT2D eigenvalue weighted by atomic mass is 10.0. The van der Waals surface area contributed by atoms with E-state index in [1.807, 2.05) is 20.1 Å². The molecule has 1 aromatic rings. The van der Waals surface area contributed by atoms with E-state index in [1.165, 1.54) is 16.7 Å². The second-order valence-corrected chi connectivity index (χ2v) is 8.45. The summed E-state index contributed by atoms with van der Waals surface area (Å²) in [5.74, 6) is -1.35. The summed E-state index contributed by atoms with van der Waals surface area (Å²) in [7, 11) is 0. The molecular weight excluding hydrogens is 408 g/mol. The van der Waals surface area contributed by atoms with Crippen molar-refractivity contribution < 1.29 is 24.3 Å². The van der Waals surface area contributed by atoms with E-state index >= 15 is 0 Å². The molecule has 0 saturated carbocycles. The van der Waals surface area contributed by atoms with Crippen LogP contribution in [0.15, 0.2) is 24.3 Å². The zero-order valence-electron chi connectivity index (χ0n) is 17.3.